The van der Waals surface area contributed by atoms with Crippen molar-refractivity contribution in [3.8, 4) is 5.75 Å². The van der Waals surface area contributed by atoms with Crippen LogP contribution in [0.5, 0.6) is 5.75 Å². The fraction of sp³-hybridized carbons (Fsp3) is 0.0833. The lowest BCUT2D eigenvalue weighted by Gasteiger charge is -2.05. The molecule has 0 aromatic heterocycles. The number of carbonyl (C=O) groups excluding carboxylic acids is 1. The fourth-order valence-corrected chi connectivity index (χ4v) is 1.22. The number of amides is 1. The van der Waals surface area contributed by atoms with Crippen molar-refractivity contribution in [1.29, 1.82) is 0 Å². The summed E-state index contributed by atoms with van der Waals surface area (Å²) >= 11 is 0. The largest absolute Gasteiger partial charge is 0.507 e. The second-order valence-electron chi connectivity index (χ2n) is 3.66. The molecule has 1 rings (SSSR count). The molecule has 0 unspecified atom stereocenters. The van der Waals surface area contributed by atoms with Gasteiger partial charge in [-0.15, -0.1) is 0 Å². The normalized spacial score (nSPS) is 10.9. The van der Waals surface area contributed by atoms with Crippen LogP contribution in [0.25, 0.3) is 0 Å². The molecule has 0 spiro atoms. The zero-order chi connectivity index (χ0) is 14.6. The first-order valence-corrected chi connectivity index (χ1v) is 5.10. The number of carboxylic acid groups (broad SMARTS) is 2. The zero-order valence-electron chi connectivity index (χ0n) is 9.88. The molecule has 0 saturated carbocycles. The van der Waals surface area contributed by atoms with E-state index in [2.05, 4.69) is 5.32 Å². The van der Waals surface area contributed by atoms with Crippen LogP contribution >= 0.6 is 0 Å². The molecule has 1 amide bonds. The van der Waals surface area contributed by atoms with E-state index >= 15 is 0 Å². The molecule has 0 radical (unpaired) electrons. The highest BCUT2D eigenvalue weighted by atomic mass is 16.4. The number of aromatic hydroxyl groups is 1. The van der Waals surface area contributed by atoms with Crippen LogP contribution in [-0.2, 0) is 9.59 Å². The number of nitrogens with one attached hydrogen (secondary N) is 1. The van der Waals surface area contributed by atoms with Crippen molar-refractivity contribution in [3.63, 3.8) is 0 Å². The summed E-state index contributed by atoms with van der Waals surface area (Å²) in [6.07, 6.45) is 0.871. The van der Waals surface area contributed by atoms with E-state index < -0.39 is 23.6 Å². The first-order valence-electron chi connectivity index (χ1n) is 5.10. The number of anilines is 1. The molecule has 100 valence electrons. The Morgan fingerprint density at radius 3 is 2.37 bits per heavy atom. The van der Waals surface area contributed by atoms with Gasteiger partial charge in [0.2, 0.25) is 5.91 Å². The molecular formula is C12H11NO6. The maximum Gasteiger partial charge on any atom is 0.339 e. The Balaban J connectivity index is 2.92. The second-order valence-corrected chi connectivity index (χ2v) is 3.66. The van der Waals surface area contributed by atoms with E-state index in [0.29, 0.717) is 0 Å². The van der Waals surface area contributed by atoms with Crippen molar-refractivity contribution < 1.29 is 29.7 Å². The van der Waals surface area contributed by atoms with Crippen molar-refractivity contribution in [2.45, 2.75) is 6.92 Å². The quantitative estimate of drug-likeness (QED) is 0.476. The molecule has 0 aliphatic heterocycles. The predicted octanol–water partition coefficient (Wildman–Crippen LogP) is 1.06. The maximum absolute atomic E-state index is 11.4. The maximum atomic E-state index is 11.4. The number of carbonyl (C=O) groups is 3. The number of hydrogen-bond donors (Lipinski definition) is 4. The zero-order valence-corrected chi connectivity index (χ0v) is 9.88. The summed E-state index contributed by atoms with van der Waals surface area (Å²) in [7, 11) is 0. The minimum absolute atomic E-state index is 0.134. The molecular weight excluding hydrogens is 254 g/mol. The van der Waals surface area contributed by atoms with Crippen molar-refractivity contribution in [2.75, 3.05) is 5.32 Å². The number of phenols is 1. The van der Waals surface area contributed by atoms with Gasteiger partial charge in [-0.2, -0.15) is 0 Å². The summed E-state index contributed by atoms with van der Waals surface area (Å²) in [5.74, 6) is -3.71. The lowest BCUT2D eigenvalue weighted by Crippen LogP contribution is -2.11. The number of benzene rings is 1. The van der Waals surface area contributed by atoms with Gasteiger partial charge >= 0.3 is 11.9 Å². The van der Waals surface area contributed by atoms with Gasteiger partial charge in [0.05, 0.1) is 0 Å². The highest BCUT2D eigenvalue weighted by Gasteiger charge is 2.11. The average molecular weight is 265 g/mol. The van der Waals surface area contributed by atoms with Gasteiger partial charge in [-0.3, -0.25) is 4.79 Å². The highest BCUT2D eigenvalue weighted by molar-refractivity contribution is 6.04. The molecule has 19 heavy (non-hydrogen) atoms. The number of carboxylic acids is 2. The lowest BCUT2D eigenvalue weighted by molar-refractivity contribution is -0.132. The molecule has 7 nitrogen and oxygen atoms in total. The van der Waals surface area contributed by atoms with Gasteiger partial charge in [0.1, 0.15) is 11.3 Å². The Labute approximate surface area is 107 Å². The third-order valence-corrected chi connectivity index (χ3v) is 2.18. The molecule has 0 bridgehead atoms. The number of hydrogen-bond acceptors (Lipinski definition) is 4. The fourth-order valence-electron chi connectivity index (χ4n) is 1.22. The van der Waals surface area contributed by atoms with Crippen LogP contribution in [-0.4, -0.2) is 33.2 Å². The summed E-state index contributed by atoms with van der Waals surface area (Å²) in [4.78, 5) is 32.7. The van der Waals surface area contributed by atoms with Gasteiger partial charge < -0.3 is 20.6 Å². The molecule has 0 heterocycles. The second kappa shape index (κ2) is 5.67. The van der Waals surface area contributed by atoms with E-state index in [-0.39, 0.29) is 16.8 Å². The first-order chi connectivity index (χ1) is 8.81. The third-order valence-electron chi connectivity index (χ3n) is 2.18. The molecule has 1 aromatic rings. The van der Waals surface area contributed by atoms with Crippen LogP contribution in [0.2, 0.25) is 0 Å². The molecule has 0 saturated heterocycles. The molecule has 4 N–H and O–H groups in total. The number of aromatic carboxylic acids is 1. The van der Waals surface area contributed by atoms with Crippen molar-refractivity contribution in [2.24, 2.45) is 0 Å². The van der Waals surface area contributed by atoms with Crippen molar-refractivity contribution in [3.05, 3.63) is 35.4 Å². The van der Waals surface area contributed by atoms with Crippen LogP contribution in [0, 0.1) is 0 Å². The SMILES string of the molecule is C/C(=C\C(=O)Nc1ccc(O)c(C(=O)O)c1)C(=O)O. The van der Waals surface area contributed by atoms with E-state index in [1.807, 2.05) is 0 Å². The predicted molar refractivity (Wildman–Crippen MR) is 65.1 cm³/mol. The van der Waals surface area contributed by atoms with Gasteiger partial charge in [0.25, 0.3) is 0 Å². The Kier molecular flexibility index (Phi) is 4.25. The summed E-state index contributed by atoms with van der Waals surface area (Å²) in [6, 6.07) is 3.48. The van der Waals surface area contributed by atoms with Gasteiger partial charge in [-0.05, 0) is 25.1 Å². The van der Waals surface area contributed by atoms with E-state index in [4.69, 9.17) is 10.2 Å². The molecule has 7 heteroatoms. The van der Waals surface area contributed by atoms with Crippen LogP contribution in [0.1, 0.15) is 17.3 Å². The van der Waals surface area contributed by atoms with Crippen molar-refractivity contribution in [1.82, 2.24) is 0 Å². The van der Waals surface area contributed by atoms with E-state index in [1.165, 1.54) is 13.0 Å². The van der Waals surface area contributed by atoms with Crippen LogP contribution in [0.15, 0.2) is 29.8 Å². The Hall–Kier alpha value is -2.83. The van der Waals surface area contributed by atoms with E-state index in [1.54, 1.807) is 0 Å². The standard InChI is InChI=1S/C12H11NO6/c1-6(11(16)17)4-10(15)13-7-2-3-9(14)8(5-7)12(18)19/h2-5,14H,1H3,(H,13,15)(H,16,17)(H,18,19)/b6-4+. The van der Waals surface area contributed by atoms with Crippen LogP contribution in [0.4, 0.5) is 5.69 Å². The summed E-state index contributed by atoms with van der Waals surface area (Å²) in [6.45, 7) is 1.25. The average Bonchev–Trinajstić information content (AvgIpc) is 2.30. The van der Waals surface area contributed by atoms with Gasteiger partial charge in [-0.1, -0.05) is 0 Å². The summed E-state index contributed by atoms with van der Waals surface area (Å²) in [5, 5.41) is 28.9. The third kappa shape index (κ3) is 3.84. The van der Waals surface area contributed by atoms with Gasteiger partial charge in [-0.25, -0.2) is 9.59 Å². The molecule has 0 fully saturated rings. The Morgan fingerprint density at radius 1 is 1.21 bits per heavy atom. The van der Waals surface area contributed by atoms with Gasteiger partial charge in [0.15, 0.2) is 0 Å². The minimum Gasteiger partial charge on any atom is -0.507 e. The highest BCUT2D eigenvalue weighted by Crippen LogP contribution is 2.21. The van der Waals surface area contributed by atoms with Gasteiger partial charge in [0, 0.05) is 17.3 Å². The molecule has 0 atom stereocenters. The van der Waals surface area contributed by atoms with Crippen molar-refractivity contribution >= 4 is 23.5 Å². The minimum atomic E-state index is -1.34. The van der Waals surface area contributed by atoms with E-state index in [9.17, 15) is 19.5 Å². The number of rotatable bonds is 4. The number of aliphatic carboxylic acids is 1. The van der Waals surface area contributed by atoms with E-state index in [0.717, 1.165) is 18.2 Å². The summed E-state index contributed by atoms with van der Waals surface area (Å²) < 4.78 is 0. The molecule has 0 aliphatic carbocycles. The Bertz CT molecular complexity index is 576. The first kappa shape index (κ1) is 14.2. The molecule has 1 aromatic carbocycles. The van der Waals surface area contributed by atoms with Crippen LogP contribution in [0.3, 0.4) is 0 Å². The van der Waals surface area contributed by atoms with Crippen LogP contribution < -0.4 is 5.32 Å². The Morgan fingerprint density at radius 2 is 1.84 bits per heavy atom. The smallest absolute Gasteiger partial charge is 0.339 e. The summed E-state index contributed by atoms with van der Waals surface area (Å²) in [5.41, 5.74) is -0.388. The topological polar surface area (TPSA) is 124 Å². The molecule has 0 aliphatic rings. The monoisotopic (exact) mass is 265 g/mol. The lowest BCUT2D eigenvalue weighted by atomic mass is 10.1.